The van der Waals surface area contributed by atoms with Crippen LogP contribution in [0.2, 0.25) is 5.02 Å². The number of hydrogen-bond donors (Lipinski definition) is 1. The van der Waals surface area contributed by atoms with Crippen LogP contribution in [0, 0.1) is 0 Å². The molecule has 1 saturated heterocycles. The first-order valence-corrected chi connectivity index (χ1v) is 6.31. The Bertz CT molecular complexity index is 433. The number of para-hydroxylation sites is 1. The number of carbonyl (C=O) groups is 1. The van der Waals surface area contributed by atoms with Gasteiger partial charge in [-0.15, -0.1) is 0 Å². The third kappa shape index (κ3) is 2.25. The van der Waals surface area contributed by atoms with E-state index in [9.17, 15) is 9.90 Å². The van der Waals surface area contributed by atoms with Crippen molar-refractivity contribution in [3.8, 4) is 0 Å². The zero-order chi connectivity index (χ0) is 12.4. The van der Waals surface area contributed by atoms with Crippen molar-refractivity contribution in [2.75, 3.05) is 11.4 Å². The molecule has 0 saturated carbocycles. The van der Waals surface area contributed by atoms with Gasteiger partial charge in [0, 0.05) is 12.6 Å². The van der Waals surface area contributed by atoms with Crippen molar-refractivity contribution in [3.63, 3.8) is 0 Å². The van der Waals surface area contributed by atoms with E-state index < -0.39 is 5.97 Å². The molecule has 0 bridgehead atoms. The van der Waals surface area contributed by atoms with Crippen LogP contribution < -0.4 is 4.90 Å². The van der Waals surface area contributed by atoms with Crippen molar-refractivity contribution >= 4 is 23.3 Å². The molecule has 3 nitrogen and oxygen atoms in total. The lowest BCUT2D eigenvalue weighted by atomic mass is 10.1. The first-order valence-electron chi connectivity index (χ1n) is 5.93. The SMILES string of the molecule is CCC1CCCN1c1c(Cl)cccc1C(=O)O. The lowest BCUT2D eigenvalue weighted by molar-refractivity contribution is 0.0697. The van der Waals surface area contributed by atoms with Crippen molar-refractivity contribution in [2.45, 2.75) is 32.2 Å². The summed E-state index contributed by atoms with van der Waals surface area (Å²) in [7, 11) is 0. The maximum Gasteiger partial charge on any atom is 0.337 e. The summed E-state index contributed by atoms with van der Waals surface area (Å²) in [6, 6.07) is 5.47. The number of carboxylic acids is 1. The summed E-state index contributed by atoms with van der Waals surface area (Å²) in [5.74, 6) is -0.913. The average molecular weight is 254 g/mol. The van der Waals surface area contributed by atoms with E-state index in [1.807, 2.05) is 0 Å². The molecule has 1 aromatic rings. The minimum atomic E-state index is -0.913. The fraction of sp³-hybridized carbons (Fsp3) is 0.462. The van der Waals surface area contributed by atoms with Crippen molar-refractivity contribution in [1.29, 1.82) is 0 Å². The van der Waals surface area contributed by atoms with Crippen LogP contribution >= 0.6 is 11.6 Å². The molecular weight excluding hydrogens is 238 g/mol. The summed E-state index contributed by atoms with van der Waals surface area (Å²) in [6.45, 7) is 3.02. The summed E-state index contributed by atoms with van der Waals surface area (Å²) in [6.07, 6.45) is 3.23. The van der Waals surface area contributed by atoms with E-state index in [1.165, 1.54) is 0 Å². The Labute approximate surface area is 106 Å². The van der Waals surface area contributed by atoms with Crippen molar-refractivity contribution in [2.24, 2.45) is 0 Å². The second kappa shape index (κ2) is 4.96. The van der Waals surface area contributed by atoms with Gasteiger partial charge in [-0.25, -0.2) is 4.79 Å². The predicted molar refractivity (Wildman–Crippen MR) is 69.1 cm³/mol. The van der Waals surface area contributed by atoms with E-state index >= 15 is 0 Å². The fourth-order valence-corrected chi connectivity index (χ4v) is 2.82. The zero-order valence-corrected chi connectivity index (χ0v) is 10.6. The van der Waals surface area contributed by atoms with E-state index in [-0.39, 0.29) is 0 Å². The van der Waals surface area contributed by atoms with Crippen LogP contribution in [0.4, 0.5) is 5.69 Å². The zero-order valence-electron chi connectivity index (χ0n) is 9.82. The summed E-state index contributed by atoms with van der Waals surface area (Å²) in [5, 5.41) is 9.76. The highest BCUT2D eigenvalue weighted by Gasteiger charge is 2.28. The molecule has 1 aliphatic heterocycles. The maximum atomic E-state index is 11.2. The minimum Gasteiger partial charge on any atom is -0.478 e. The summed E-state index contributed by atoms with van der Waals surface area (Å²) >= 11 is 6.17. The standard InChI is InChI=1S/C13H16ClNO2/c1-2-9-5-4-8-15(9)12-10(13(16)17)6-3-7-11(12)14/h3,6-7,9H,2,4-5,8H2,1H3,(H,16,17). The van der Waals surface area contributed by atoms with Gasteiger partial charge in [0.05, 0.1) is 16.3 Å². The van der Waals surface area contributed by atoms with Crippen molar-refractivity contribution in [3.05, 3.63) is 28.8 Å². The number of benzene rings is 1. The molecule has 0 spiro atoms. The van der Waals surface area contributed by atoms with Gasteiger partial charge in [0.25, 0.3) is 0 Å². The Balaban J connectivity index is 2.46. The molecular formula is C13H16ClNO2. The lowest BCUT2D eigenvalue weighted by Crippen LogP contribution is -2.30. The molecule has 1 heterocycles. The van der Waals surface area contributed by atoms with Crippen LogP contribution in [-0.4, -0.2) is 23.7 Å². The summed E-state index contributed by atoms with van der Waals surface area (Å²) < 4.78 is 0. The number of nitrogens with zero attached hydrogens (tertiary/aromatic N) is 1. The lowest BCUT2D eigenvalue weighted by Gasteiger charge is -2.28. The number of carboxylic acid groups (broad SMARTS) is 1. The second-order valence-electron chi connectivity index (χ2n) is 4.34. The van der Waals surface area contributed by atoms with E-state index in [0.29, 0.717) is 22.3 Å². The van der Waals surface area contributed by atoms with Gasteiger partial charge in [0.15, 0.2) is 0 Å². The molecule has 2 rings (SSSR count). The highest BCUT2D eigenvalue weighted by Crippen LogP contribution is 2.35. The number of anilines is 1. The second-order valence-corrected chi connectivity index (χ2v) is 4.75. The van der Waals surface area contributed by atoms with Gasteiger partial charge in [-0.1, -0.05) is 24.6 Å². The van der Waals surface area contributed by atoms with Crippen LogP contribution in [0.1, 0.15) is 36.5 Å². The smallest absolute Gasteiger partial charge is 0.337 e. The quantitative estimate of drug-likeness (QED) is 0.897. The van der Waals surface area contributed by atoms with Gasteiger partial charge in [0.1, 0.15) is 0 Å². The van der Waals surface area contributed by atoms with E-state index in [4.69, 9.17) is 11.6 Å². The van der Waals surface area contributed by atoms with Gasteiger partial charge >= 0.3 is 5.97 Å². The highest BCUT2D eigenvalue weighted by atomic mass is 35.5. The molecule has 0 aromatic heterocycles. The largest absolute Gasteiger partial charge is 0.478 e. The van der Waals surface area contributed by atoms with E-state index in [0.717, 1.165) is 25.8 Å². The predicted octanol–water partition coefficient (Wildman–Crippen LogP) is 3.42. The molecule has 1 N–H and O–H groups in total. The van der Waals surface area contributed by atoms with Gasteiger partial charge in [-0.3, -0.25) is 0 Å². The number of aromatic carboxylic acids is 1. The minimum absolute atomic E-state index is 0.304. The third-order valence-corrected chi connectivity index (χ3v) is 3.66. The van der Waals surface area contributed by atoms with Crippen LogP contribution in [-0.2, 0) is 0 Å². The molecule has 1 aromatic carbocycles. The Morgan fingerprint density at radius 3 is 3.00 bits per heavy atom. The van der Waals surface area contributed by atoms with Gasteiger partial charge in [-0.05, 0) is 31.4 Å². The van der Waals surface area contributed by atoms with Crippen LogP contribution in [0.15, 0.2) is 18.2 Å². The highest BCUT2D eigenvalue weighted by molar-refractivity contribution is 6.34. The van der Waals surface area contributed by atoms with Gasteiger partial charge in [-0.2, -0.15) is 0 Å². The molecule has 4 heteroatoms. The molecule has 1 fully saturated rings. The maximum absolute atomic E-state index is 11.2. The average Bonchev–Trinajstić information content (AvgIpc) is 2.76. The van der Waals surface area contributed by atoms with Crippen LogP contribution in [0.5, 0.6) is 0 Å². The van der Waals surface area contributed by atoms with Gasteiger partial charge < -0.3 is 10.0 Å². The normalized spacial score (nSPS) is 19.6. The molecule has 0 amide bonds. The Hall–Kier alpha value is -1.22. The summed E-state index contributed by atoms with van der Waals surface area (Å²) in [5.41, 5.74) is 0.990. The van der Waals surface area contributed by atoms with Crippen LogP contribution in [0.25, 0.3) is 0 Å². The van der Waals surface area contributed by atoms with Crippen molar-refractivity contribution in [1.82, 2.24) is 0 Å². The van der Waals surface area contributed by atoms with Crippen molar-refractivity contribution < 1.29 is 9.90 Å². The van der Waals surface area contributed by atoms with E-state index in [2.05, 4.69) is 11.8 Å². The third-order valence-electron chi connectivity index (χ3n) is 3.35. The molecule has 1 atom stereocenters. The number of halogens is 1. The Kier molecular flexibility index (Phi) is 3.57. The fourth-order valence-electron chi connectivity index (χ4n) is 2.53. The monoisotopic (exact) mass is 253 g/mol. The van der Waals surface area contributed by atoms with Crippen LogP contribution in [0.3, 0.4) is 0 Å². The molecule has 17 heavy (non-hydrogen) atoms. The summed E-state index contributed by atoms with van der Waals surface area (Å²) in [4.78, 5) is 13.4. The molecule has 1 unspecified atom stereocenters. The molecule has 0 aliphatic carbocycles. The number of hydrogen-bond acceptors (Lipinski definition) is 2. The molecule has 92 valence electrons. The molecule has 0 radical (unpaired) electrons. The Morgan fingerprint density at radius 1 is 1.59 bits per heavy atom. The topological polar surface area (TPSA) is 40.5 Å². The Morgan fingerprint density at radius 2 is 2.35 bits per heavy atom. The number of rotatable bonds is 3. The molecule has 1 aliphatic rings. The van der Waals surface area contributed by atoms with Gasteiger partial charge in [0.2, 0.25) is 0 Å². The first kappa shape index (κ1) is 12.2. The first-order chi connectivity index (χ1) is 8.15. The van der Waals surface area contributed by atoms with E-state index in [1.54, 1.807) is 18.2 Å².